The molecular weight excluding hydrogens is 202 g/mol. The highest BCUT2D eigenvalue weighted by atomic mass is 16.3. The maximum absolute atomic E-state index is 9.91. The van der Waals surface area contributed by atoms with Gasteiger partial charge in [0, 0.05) is 19.7 Å². The Morgan fingerprint density at radius 1 is 1.44 bits per heavy atom. The lowest BCUT2D eigenvalue weighted by atomic mass is 10.1. The summed E-state index contributed by atoms with van der Waals surface area (Å²) in [6, 6.07) is 5.84. The van der Waals surface area contributed by atoms with E-state index in [4.69, 9.17) is 0 Å². The van der Waals surface area contributed by atoms with Crippen molar-refractivity contribution in [2.24, 2.45) is 0 Å². The normalized spacial score (nSPS) is 13.0. The van der Waals surface area contributed by atoms with Crippen LogP contribution in [0.25, 0.3) is 11.0 Å². The molecule has 0 aliphatic heterocycles. The molecule has 2 N–H and O–H groups in total. The molecule has 0 spiro atoms. The number of hydrogen-bond donors (Lipinski definition) is 2. The molecule has 1 heterocycles. The molecule has 2 aromatic rings. The van der Waals surface area contributed by atoms with E-state index in [0.717, 1.165) is 22.5 Å². The van der Waals surface area contributed by atoms with Crippen LogP contribution in [0.1, 0.15) is 25.0 Å². The van der Waals surface area contributed by atoms with E-state index in [1.54, 1.807) is 0 Å². The minimum atomic E-state index is -0.443. The molecule has 1 aromatic carbocycles. The van der Waals surface area contributed by atoms with Crippen molar-refractivity contribution >= 4 is 17.0 Å². The molecule has 4 nitrogen and oxygen atoms in total. The molecule has 2 rings (SSSR count). The van der Waals surface area contributed by atoms with E-state index in [-0.39, 0.29) is 0 Å². The Morgan fingerprint density at radius 2 is 2.19 bits per heavy atom. The first-order chi connectivity index (χ1) is 7.63. The number of aromatic amines is 1. The Bertz CT molecular complexity index is 490. The van der Waals surface area contributed by atoms with Crippen LogP contribution >= 0.6 is 0 Å². The first-order valence-electron chi connectivity index (χ1n) is 5.47. The van der Waals surface area contributed by atoms with Gasteiger partial charge < -0.3 is 15.0 Å². The number of hydrogen-bond acceptors (Lipinski definition) is 3. The quantitative estimate of drug-likeness (QED) is 0.831. The molecule has 1 unspecified atom stereocenters. The molecule has 0 radical (unpaired) electrons. The number of nitrogens with zero attached hydrogens (tertiary/aromatic N) is 2. The molecule has 0 aliphatic carbocycles. The van der Waals surface area contributed by atoms with Crippen LogP contribution in [0.5, 0.6) is 0 Å². The third-order valence-electron chi connectivity index (χ3n) is 2.70. The molecule has 0 saturated heterocycles. The minimum Gasteiger partial charge on any atom is -0.388 e. The van der Waals surface area contributed by atoms with Crippen molar-refractivity contribution in [2.45, 2.75) is 19.4 Å². The van der Waals surface area contributed by atoms with E-state index >= 15 is 0 Å². The fraction of sp³-hybridized carbons (Fsp3) is 0.417. The molecule has 1 aromatic heterocycles. The molecule has 0 fully saturated rings. The van der Waals surface area contributed by atoms with Crippen molar-refractivity contribution < 1.29 is 5.11 Å². The Balaban J connectivity index is 2.58. The zero-order valence-corrected chi connectivity index (χ0v) is 9.86. The van der Waals surface area contributed by atoms with Crippen LogP contribution in [0.4, 0.5) is 5.95 Å². The van der Waals surface area contributed by atoms with Gasteiger partial charge in [0.05, 0.1) is 17.1 Å². The second kappa shape index (κ2) is 4.14. The van der Waals surface area contributed by atoms with E-state index in [9.17, 15) is 5.11 Å². The van der Waals surface area contributed by atoms with Gasteiger partial charge in [-0.25, -0.2) is 4.98 Å². The van der Waals surface area contributed by atoms with Crippen LogP contribution in [0.3, 0.4) is 0 Å². The number of aliphatic hydroxyl groups excluding tert-OH is 1. The molecule has 1 atom stereocenters. The van der Waals surface area contributed by atoms with E-state index in [1.165, 1.54) is 0 Å². The van der Waals surface area contributed by atoms with Crippen LogP contribution in [-0.2, 0) is 0 Å². The molecule has 86 valence electrons. The highest BCUT2D eigenvalue weighted by Gasteiger charge is 2.13. The van der Waals surface area contributed by atoms with Gasteiger partial charge >= 0.3 is 0 Å². The van der Waals surface area contributed by atoms with Gasteiger partial charge in [0.25, 0.3) is 0 Å². The summed E-state index contributed by atoms with van der Waals surface area (Å²) in [6.07, 6.45) is 0.255. The average molecular weight is 219 g/mol. The van der Waals surface area contributed by atoms with Gasteiger partial charge in [-0.3, -0.25) is 0 Å². The first-order valence-corrected chi connectivity index (χ1v) is 5.47. The van der Waals surface area contributed by atoms with Crippen molar-refractivity contribution in [1.29, 1.82) is 0 Å². The molecule has 0 bridgehead atoms. The van der Waals surface area contributed by atoms with E-state index in [2.05, 4.69) is 9.97 Å². The number of fused-ring (bicyclic) bond motifs is 1. The van der Waals surface area contributed by atoms with Crippen molar-refractivity contribution in [3.8, 4) is 0 Å². The third-order valence-corrected chi connectivity index (χ3v) is 2.70. The van der Waals surface area contributed by atoms with Gasteiger partial charge in [0.15, 0.2) is 0 Å². The first kappa shape index (κ1) is 11.0. The predicted octanol–water partition coefficient (Wildman–Crippen LogP) is 2.07. The second-order valence-corrected chi connectivity index (χ2v) is 4.12. The summed E-state index contributed by atoms with van der Waals surface area (Å²) in [5.74, 6) is 0.811. The fourth-order valence-electron chi connectivity index (χ4n) is 1.74. The van der Waals surface area contributed by atoms with Crippen molar-refractivity contribution in [1.82, 2.24) is 9.97 Å². The highest BCUT2D eigenvalue weighted by Crippen LogP contribution is 2.26. The zero-order valence-electron chi connectivity index (χ0n) is 9.86. The van der Waals surface area contributed by atoms with E-state index in [0.29, 0.717) is 6.42 Å². The van der Waals surface area contributed by atoms with Crippen LogP contribution in [0.15, 0.2) is 18.2 Å². The smallest absolute Gasteiger partial charge is 0.203 e. The Hall–Kier alpha value is -1.55. The lowest BCUT2D eigenvalue weighted by Crippen LogP contribution is -2.10. The number of para-hydroxylation sites is 1. The van der Waals surface area contributed by atoms with Crippen LogP contribution in [0, 0.1) is 0 Å². The van der Waals surface area contributed by atoms with Gasteiger partial charge in [-0.05, 0) is 12.5 Å². The molecular formula is C12H17N3O. The van der Waals surface area contributed by atoms with Crippen LogP contribution in [-0.4, -0.2) is 29.2 Å². The Kier molecular flexibility index (Phi) is 2.83. The molecule has 0 aliphatic rings. The third kappa shape index (κ3) is 1.76. The van der Waals surface area contributed by atoms with Gasteiger partial charge in [-0.15, -0.1) is 0 Å². The summed E-state index contributed by atoms with van der Waals surface area (Å²) in [7, 11) is 3.88. The van der Waals surface area contributed by atoms with Crippen molar-refractivity contribution in [3.05, 3.63) is 23.8 Å². The fourth-order valence-corrected chi connectivity index (χ4v) is 1.74. The SMILES string of the molecule is CCC(O)c1cccc2[nH]c(N(C)C)nc12. The average Bonchev–Trinajstić information content (AvgIpc) is 2.71. The number of anilines is 1. The number of aromatic nitrogens is 2. The van der Waals surface area contributed by atoms with Gasteiger partial charge in [-0.2, -0.15) is 0 Å². The number of nitrogens with one attached hydrogen (secondary N) is 1. The van der Waals surface area contributed by atoms with Gasteiger partial charge in [0.1, 0.15) is 0 Å². The lowest BCUT2D eigenvalue weighted by Gasteiger charge is -2.08. The number of imidazole rings is 1. The number of benzene rings is 1. The zero-order chi connectivity index (χ0) is 11.7. The minimum absolute atomic E-state index is 0.443. The molecule has 0 saturated carbocycles. The predicted molar refractivity (Wildman–Crippen MR) is 65.7 cm³/mol. The second-order valence-electron chi connectivity index (χ2n) is 4.12. The lowest BCUT2D eigenvalue weighted by molar-refractivity contribution is 0.175. The van der Waals surface area contributed by atoms with Crippen molar-refractivity contribution in [2.75, 3.05) is 19.0 Å². The maximum atomic E-state index is 9.91. The maximum Gasteiger partial charge on any atom is 0.203 e. The standard InChI is InChI=1S/C12H17N3O/c1-4-10(16)8-6-5-7-9-11(8)14-12(13-9)15(2)3/h5-7,10,16H,4H2,1-3H3,(H,13,14). The van der Waals surface area contributed by atoms with E-state index < -0.39 is 6.10 Å². The molecule has 4 heteroatoms. The van der Waals surface area contributed by atoms with E-state index in [1.807, 2.05) is 44.1 Å². The summed E-state index contributed by atoms with van der Waals surface area (Å²) in [4.78, 5) is 9.63. The van der Waals surface area contributed by atoms with Crippen molar-refractivity contribution in [3.63, 3.8) is 0 Å². The highest BCUT2D eigenvalue weighted by molar-refractivity contribution is 5.81. The Morgan fingerprint density at radius 3 is 2.81 bits per heavy atom. The van der Waals surface area contributed by atoms with Crippen LogP contribution in [0.2, 0.25) is 0 Å². The van der Waals surface area contributed by atoms with Gasteiger partial charge in [-0.1, -0.05) is 19.1 Å². The Labute approximate surface area is 94.9 Å². The summed E-state index contributed by atoms with van der Waals surface area (Å²) >= 11 is 0. The number of aliphatic hydroxyl groups is 1. The topological polar surface area (TPSA) is 52.1 Å². The largest absolute Gasteiger partial charge is 0.388 e. The summed E-state index contributed by atoms with van der Waals surface area (Å²) in [5.41, 5.74) is 2.72. The number of H-pyrrole nitrogens is 1. The van der Waals surface area contributed by atoms with Gasteiger partial charge in [0.2, 0.25) is 5.95 Å². The summed E-state index contributed by atoms with van der Waals surface area (Å²) in [5, 5.41) is 9.91. The monoisotopic (exact) mass is 219 g/mol. The summed E-state index contributed by atoms with van der Waals surface area (Å²) in [6.45, 7) is 1.96. The summed E-state index contributed by atoms with van der Waals surface area (Å²) < 4.78 is 0. The van der Waals surface area contributed by atoms with Crippen LogP contribution < -0.4 is 4.90 Å². The number of rotatable bonds is 3. The molecule has 0 amide bonds. The molecule has 16 heavy (non-hydrogen) atoms.